The molecule has 6 rings (SSSR count). The molecule has 0 atom stereocenters. The molecule has 0 saturated carbocycles. The van der Waals surface area contributed by atoms with E-state index in [1.165, 1.54) is 21.2 Å². The fourth-order valence-corrected chi connectivity index (χ4v) is 4.52. The molecule has 0 aliphatic rings. The molecule has 35 heavy (non-hydrogen) atoms. The molecule has 0 amide bonds. The SMILES string of the molecule is Cc1cccc(-c2[c-]cccc2)n1.[Ir].[c-]1cc(-c2ccccc2)ccc1-c1nccc2sccc12. The van der Waals surface area contributed by atoms with Crippen LogP contribution in [0.3, 0.4) is 0 Å². The van der Waals surface area contributed by atoms with Gasteiger partial charge in [0, 0.05) is 36.7 Å². The molecule has 0 fully saturated rings. The average molecular weight is 647 g/mol. The van der Waals surface area contributed by atoms with Crippen LogP contribution in [0.15, 0.2) is 115 Å². The van der Waals surface area contributed by atoms with Crippen molar-refractivity contribution in [3.8, 4) is 33.6 Å². The van der Waals surface area contributed by atoms with E-state index in [-0.39, 0.29) is 20.1 Å². The van der Waals surface area contributed by atoms with Gasteiger partial charge in [0.2, 0.25) is 0 Å². The number of thiophene rings is 1. The van der Waals surface area contributed by atoms with Crippen LogP contribution in [-0.2, 0) is 20.1 Å². The maximum Gasteiger partial charge on any atom is 0.0286 e. The fraction of sp³-hybridized carbons (Fsp3) is 0.0323. The van der Waals surface area contributed by atoms with Gasteiger partial charge in [0.15, 0.2) is 0 Å². The summed E-state index contributed by atoms with van der Waals surface area (Å²) in [5, 5.41) is 3.31. The van der Waals surface area contributed by atoms with E-state index in [9.17, 15) is 0 Å². The van der Waals surface area contributed by atoms with Gasteiger partial charge in [-0.05, 0) is 41.2 Å². The van der Waals surface area contributed by atoms with Gasteiger partial charge in [-0.2, -0.15) is 0 Å². The van der Waals surface area contributed by atoms with E-state index >= 15 is 0 Å². The largest absolute Gasteiger partial charge is 0.304 e. The molecule has 0 aliphatic carbocycles. The number of benzene rings is 3. The Morgan fingerprint density at radius 3 is 2.31 bits per heavy atom. The molecule has 0 spiro atoms. The van der Waals surface area contributed by atoms with Gasteiger partial charge < -0.3 is 9.97 Å². The van der Waals surface area contributed by atoms with Crippen LogP contribution in [0.25, 0.3) is 43.7 Å². The normalized spacial score (nSPS) is 10.2. The number of aromatic nitrogens is 2. The molecule has 6 aromatic rings. The van der Waals surface area contributed by atoms with Crippen molar-refractivity contribution >= 4 is 21.4 Å². The first-order valence-electron chi connectivity index (χ1n) is 11.1. The van der Waals surface area contributed by atoms with Gasteiger partial charge >= 0.3 is 0 Å². The Balaban J connectivity index is 0.000000179. The summed E-state index contributed by atoms with van der Waals surface area (Å²) in [6.45, 7) is 1.99. The molecule has 0 N–H and O–H groups in total. The van der Waals surface area contributed by atoms with Gasteiger partial charge in [-0.1, -0.05) is 59.7 Å². The Labute approximate surface area is 223 Å². The molecular weight excluding hydrogens is 625 g/mol. The first-order chi connectivity index (χ1) is 16.8. The average Bonchev–Trinajstić information content (AvgIpc) is 3.40. The van der Waals surface area contributed by atoms with Crippen molar-refractivity contribution in [2.45, 2.75) is 6.92 Å². The summed E-state index contributed by atoms with van der Waals surface area (Å²) in [5.41, 5.74) is 7.51. The summed E-state index contributed by atoms with van der Waals surface area (Å²) in [6.07, 6.45) is 1.87. The summed E-state index contributed by atoms with van der Waals surface area (Å²) < 4.78 is 1.26. The summed E-state index contributed by atoms with van der Waals surface area (Å²) in [6, 6.07) is 41.2. The zero-order chi connectivity index (χ0) is 23.2. The molecule has 3 aromatic carbocycles. The van der Waals surface area contributed by atoms with E-state index in [4.69, 9.17) is 0 Å². The summed E-state index contributed by atoms with van der Waals surface area (Å²) in [4.78, 5) is 8.94. The third-order valence-corrected chi connectivity index (χ3v) is 6.31. The molecule has 173 valence electrons. The first-order valence-corrected chi connectivity index (χ1v) is 12.0. The number of pyridine rings is 2. The minimum absolute atomic E-state index is 0. The minimum atomic E-state index is 0. The number of fused-ring (bicyclic) bond motifs is 1. The van der Waals surface area contributed by atoms with Crippen LogP contribution in [-0.4, -0.2) is 9.97 Å². The van der Waals surface area contributed by atoms with Crippen molar-refractivity contribution in [1.82, 2.24) is 9.97 Å². The van der Waals surface area contributed by atoms with Gasteiger partial charge in [0.05, 0.1) is 0 Å². The fourth-order valence-electron chi connectivity index (χ4n) is 3.74. The van der Waals surface area contributed by atoms with Crippen LogP contribution < -0.4 is 0 Å². The van der Waals surface area contributed by atoms with Gasteiger partial charge in [-0.3, -0.25) is 0 Å². The van der Waals surface area contributed by atoms with E-state index in [2.05, 4.69) is 76.0 Å². The second-order valence-electron chi connectivity index (χ2n) is 7.79. The summed E-state index contributed by atoms with van der Waals surface area (Å²) >= 11 is 1.74. The monoisotopic (exact) mass is 647 g/mol. The van der Waals surface area contributed by atoms with Crippen LogP contribution in [0.1, 0.15) is 5.69 Å². The third-order valence-electron chi connectivity index (χ3n) is 5.43. The van der Waals surface area contributed by atoms with E-state index in [1.807, 2.05) is 67.7 Å². The van der Waals surface area contributed by atoms with Crippen LogP contribution in [0.5, 0.6) is 0 Å². The first kappa shape index (κ1) is 24.7. The van der Waals surface area contributed by atoms with Crippen molar-refractivity contribution in [2.24, 2.45) is 0 Å². The number of hydrogen-bond donors (Lipinski definition) is 0. The van der Waals surface area contributed by atoms with Crippen molar-refractivity contribution in [3.63, 3.8) is 0 Å². The maximum absolute atomic E-state index is 4.53. The van der Waals surface area contributed by atoms with E-state index in [0.717, 1.165) is 28.2 Å². The number of hydrogen-bond acceptors (Lipinski definition) is 3. The Kier molecular flexibility index (Phi) is 8.33. The summed E-state index contributed by atoms with van der Waals surface area (Å²) in [5.74, 6) is 0. The molecule has 3 aromatic heterocycles. The van der Waals surface area contributed by atoms with Crippen LogP contribution >= 0.6 is 11.3 Å². The van der Waals surface area contributed by atoms with Crippen molar-refractivity contribution in [2.75, 3.05) is 0 Å². The van der Waals surface area contributed by atoms with E-state index < -0.39 is 0 Å². The topological polar surface area (TPSA) is 25.8 Å². The second kappa shape index (κ2) is 11.8. The van der Waals surface area contributed by atoms with Gasteiger partial charge in [-0.25, -0.2) is 0 Å². The van der Waals surface area contributed by atoms with Crippen LogP contribution in [0.4, 0.5) is 0 Å². The Hall–Kier alpha value is -3.43. The van der Waals surface area contributed by atoms with Crippen molar-refractivity contribution in [1.29, 1.82) is 0 Å². The summed E-state index contributed by atoms with van der Waals surface area (Å²) in [7, 11) is 0. The number of aryl methyl sites for hydroxylation is 1. The molecule has 4 heteroatoms. The zero-order valence-electron chi connectivity index (χ0n) is 19.1. The third kappa shape index (κ3) is 5.98. The number of nitrogens with zero attached hydrogens (tertiary/aromatic N) is 2. The quantitative estimate of drug-likeness (QED) is 0.181. The predicted molar refractivity (Wildman–Crippen MR) is 143 cm³/mol. The molecule has 2 nitrogen and oxygen atoms in total. The molecule has 0 unspecified atom stereocenters. The zero-order valence-corrected chi connectivity index (χ0v) is 22.3. The smallest absolute Gasteiger partial charge is 0.0286 e. The second-order valence-corrected chi connectivity index (χ2v) is 8.74. The van der Waals surface area contributed by atoms with Gasteiger partial charge in [0.25, 0.3) is 0 Å². The molecule has 0 aliphatic heterocycles. The van der Waals surface area contributed by atoms with E-state index in [1.54, 1.807) is 11.3 Å². The standard InChI is InChI=1S/C19H12NS.C12H10N.Ir/c1-2-4-14(5-3-1)15-6-8-16(9-7-15)19-17-11-13-21-18(17)10-12-20-19;1-10-6-5-9-12(13-10)11-7-3-2-4-8-11;/h1-8,10-13H;2-7,9H,1H3;/q2*-1;. The molecular formula is C31H22IrN2S-2. The van der Waals surface area contributed by atoms with Crippen molar-refractivity contribution in [3.05, 3.63) is 133 Å². The number of rotatable bonds is 3. The van der Waals surface area contributed by atoms with Crippen molar-refractivity contribution < 1.29 is 20.1 Å². The molecule has 3 heterocycles. The van der Waals surface area contributed by atoms with Crippen LogP contribution in [0.2, 0.25) is 0 Å². The maximum atomic E-state index is 4.53. The molecule has 0 bridgehead atoms. The Bertz CT molecular complexity index is 1490. The minimum Gasteiger partial charge on any atom is -0.304 e. The van der Waals surface area contributed by atoms with E-state index in [0.29, 0.717) is 0 Å². The van der Waals surface area contributed by atoms with Gasteiger partial charge in [0.1, 0.15) is 0 Å². The van der Waals surface area contributed by atoms with Gasteiger partial charge in [-0.15, -0.1) is 77.1 Å². The molecule has 1 radical (unpaired) electrons. The predicted octanol–water partition coefficient (Wildman–Crippen LogP) is 8.29. The Morgan fingerprint density at radius 2 is 1.57 bits per heavy atom. The molecule has 0 saturated heterocycles. The van der Waals surface area contributed by atoms with Crippen LogP contribution in [0, 0.1) is 19.1 Å². The Morgan fingerprint density at radius 1 is 0.714 bits per heavy atom.